The molecule has 0 saturated carbocycles. The Morgan fingerprint density at radius 3 is 2.35 bits per heavy atom. The Hall–Kier alpha value is -0.580. The Morgan fingerprint density at radius 1 is 1.24 bits per heavy atom. The highest BCUT2D eigenvalue weighted by Gasteiger charge is 2.13. The number of halogens is 1. The summed E-state index contributed by atoms with van der Waals surface area (Å²) in [5, 5.41) is 0.543. The predicted molar refractivity (Wildman–Crippen MR) is 71.0 cm³/mol. The van der Waals surface area contributed by atoms with E-state index in [1.165, 1.54) is 0 Å². The van der Waals surface area contributed by atoms with Crippen LogP contribution in [0.1, 0.15) is 26.2 Å². The Bertz CT molecular complexity index is 440. The van der Waals surface area contributed by atoms with E-state index in [4.69, 9.17) is 17.3 Å². The predicted octanol–water partition coefficient (Wildman–Crippen LogP) is 2.63. The van der Waals surface area contributed by atoms with Gasteiger partial charge in [-0.25, -0.2) is 8.42 Å². The lowest BCUT2D eigenvalue weighted by Crippen LogP contribution is -2.15. The summed E-state index contributed by atoms with van der Waals surface area (Å²) in [4.78, 5) is 0.336. The second-order valence-electron chi connectivity index (χ2n) is 4.25. The number of unbranched alkanes of at least 4 members (excludes halogenated alkanes) is 1. The molecule has 0 aliphatic carbocycles. The highest BCUT2D eigenvalue weighted by molar-refractivity contribution is 7.91. The zero-order chi connectivity index (χ0) is 12.9. The summed E-state index contributed by atoms with van der Waals surface area (Å²) in [5.41, 5.74) is 5.61. The van der Waals surface area contributed by atoms with Gasteiger partial charge in [-0.1, -0.05) is 18.0 Å². The molecule has 0 saturated heterocycles. The maximum absolute atomic E-state index is 11.9. The van der Waals surface area contributed by atoms with E-state index in [9.17, 15) is 8.42 Å². The van der Waals surface area contributed by atoms with E-state index in [0.717, 1.165) is 12.8 Å². The lowest BCUT2D eigenvalue weighted by atomic mass is 10.2. The molecule has 17 heavy (non-hydrogen) atoms. The zero-order valence-electron chi connectivity index (χ0n) is 9.90. The molecule has 0 aromatic heterocycles. The van der Waals surface area contributed by atoms with E-state index < -0.39 is 9.84 Å². The van der Waals surface area contributed by atoms with Crippen molar-refractivity contribution in [2.75, 3.05) is 5.75 Å². The first-order valence-electron chi connectivity index (χ1n) is 5.66. The van der Waals surface area contributed by atoms with Crippen molar-refractivity contribution in [2.24, 2.45) is 5.73 Å². The van der Waals surface area contributed by atoms with Gasteiger partial charge in [0, 0.05) is 11.1 Å². The average Bonchev–Trinajstić information content (AvgIpc) is 2.25. The summed E-state index contributed by atoms with van der Waals surface area (Å²) in [7, 11) is -3.17. The highest BCUT2D eigenvalue weighted by atomic mass is 35.5. The van der Waals surface area contributed by atoms with Crippen LogP contribution >= 0.6 is 11.6 Å². The van der Waals surface area contributed by atoms with Crippen LogP contribution < -0.4 is 5.73 Å². The van der Waals surface area contributed by atoms with Crippen molar-refractivity contribution in [3.63, 3.8) is 0 Å². The van der Waals surface area contributed by atoms with E-state index >= 15 is 0 Å². The van der Waals surface area contributed by atoms with Gasteiger partial charge in [-0.3, -0.25) is 0 Å². The normalized spacial score (nSPS) is 13.6. The molecule has 0 spiro atoms. The molecule has 1 unspecified atom stereocenters. The van der Waals surface area contributed by atoms with Crippen LogP contribution in [-0.4, -0.2) is 20.2 Å². The molecule has 3 nitrogen and oxygen atoms in total. The molecular formula is C12H18ClNO2S. The second-order valence-corrected chi connectivity index (χ2v) is 6.79. The van der Waals surface area contributed by atoms with Gasteiger partial charge in [-0.2, -0.15) is 0 Å². The van der Waals surface area contributed by atoms with Gasteiger partial charge in [-0.15, -0.1) is 0 Å². The number of rotatable bonds is 6. The lowest BCUT2D eigenvalue weighted by Gasteiger charge is -2.06. The van der Waals surface area contributed by atoms with Crippen LogP contribution in [0.15, 0.2) is 29.2 Å². The molecule has 0 aliphatic rings. The summed E-state index contributed by atoms with van der Waals surface area (Å²) >= 11 is 5.71. The molecule has 2 N–H and O–H groups in total. The number of benzene rings is 1. The lowest BCUT2D eigenvalue weighted by molar-refractivity contribution is 0.580. The van der Waals surface area contributed by atoms with E-state index in [0.29, 0.717) is 16.3 Å². The zero-order valence-corrected chi connectivity index (χ0v) is 11.5. The summed E-state index contributed by atoms with van der Waals surface area (Å²) in [5.74, 6) is 0.168. The first-order chi connectivity index (χ1) is 7.92. The number of sulfone groups is 1. The summed E-state index contributed by atoms with van der Waals surface area (Å²) in [6, 6.07) is 6.41. The average molecular weight is 276 g/mol. The van der Waals surface area contributed by atoms with Gasteiger partial charge in [0.1, 0.15) is 0 Å². The molecule has 96 valence electrons. The first kappa shape index (κ1) is 14.5. The third-order valence-corrected chi connectivity index (χ3v) is 4.56. The number of hydrogen-bond acceptors (Lipinski definition) is 3. The summed E-state index contributed by atoms with van der Waals surface area (Å²) < 4.78 is 23.8. The maximum Gasteiger partial charge on any atom is 0.178 e. The maximum atomic E-state index is 11.9. The fraction of sp³-hybridized carbons (Fsp3) is 0.500. The van der Waals surface area contributed by atoms with Crippen molar-refractivity contribution < 1.29 is 8.42 Å². The topological polar surface area (TPSA) is 60.2 Å². The Kier molecular flexibility index (Phi) is 5.43. The molecule has 1 aromatic rings. The molecule has 0 fully saturated rings. The van der Waals surface area contributed by atoms with Crippen LogP contribution in [0.2, 0.25) is 5.02 Å². The van der Waals surface area contributed by atoms with Gasteiger partial charge in [0.25, 0.3) is 0 Å². The third-order valence-electron chi connectivity index (χ3n) is 2.50. The molecule has 5 heteroatoms. The van der Waals surface area contributed by atoms with Crippen LogP contribution in [-0.2, 0) is 9.84 Å². The Morgan fingerprint density at radius 2 is 1.82 bits per heavy atom. The smallest absolute Gasteiger partial charge is 0.178 e. The van der Waals surface area contributed by atoms with Crippen molar-refractivity contribution in [1.29, 1.82) is 0 Å². The van der Waals surface area contributed by atoms with Gasteiger partial charge in [0.15, 0.2) is 9.84 Å². The number of hydrogen-bond donors (Lipinski definition) is 1. The summed E-state index contributed by atoms with van der Waals surface area (Å²) in [6.07, 6.45) is 2.34. The van der Waals surface area contributed by atoms with Crippen molar-refractivity contribution in [1.82, 2.24) is 0 Å². The van der Waals surface area contributed by atoms with E-state index in [1.807, 2.05) is 6.92 Å². The standard InChI is InChI=1S/C12H18ClNO2S/c1-10(14)4-2-3-9-17(15,16)12-7-5-11(13)6-8-12/h5-8,10H,2-4,9,14H2,1H3. The van der Waals surface area contributed by atoms with Gasteiger partial charge < -0.3 is 5.73 Å². The second kappa shape index (κ2) is 6.38. The molecule has 0 amide bonds. The minimum absolute atomic E-state index is 0.133. The fourth-order valence-electron chi connectivity index (χ4n) is 1.52. The van der Waals surface area contributed by atoms with Crippen molar-refractivity contribution in [3.05, 3.63) is 29.3 Å². The van der Waals surface area contributed by atoms with E-state index in [2.05, 4.69) is 0 Å². The quantitative estimate of drug-likeness (QED) is 0.812. The van der Waals surface area contributed by atoms with Crippen LogP contribution in [0.5, 0.6) is 0 Å². The highest BCUT2D eigenvalue weighted by Crippen LogP contribution is 2.16. The van der Waals surface area contributed by atoms with Crippen LogP contribution in [0.3, 0.4) is 0 Å². The fourth-order valence-corrected chi connectivity index (χ4v) is 3.01. The molecule has 0 bridgehead atoms. The molecule has 1 rings (SSSR count). The van der Waals surface area contributed by atoms with Gasteiger partial charge >= 0.3 is 0 Å². The number of nitrogens with two attached hydrogens (primary N) is 1. The molecule has 0 aliphatic heterocycles. The third kappa shape index (κ3) is 5.06. The first-order valence-corrected chi connectivity index (χ1v) is 7.69. The minimum Gasteiger partial charge on any atom is -0.328 e. The van der Waals surface area contributed by atoms with Gasteiger partial charge in [0.2, 0.25) is 0 Å². The largest absolute Gasteiger partial charge is 0.328 e. The monoisotopic (exact) mass is 275 g/mol. The van der Waals surface area contributed by atoms with Crippen LogP contribution in [0.25, 0.3) is 0 Å². The van der Waals surface area contributed by atoms with Crippen molar-refractivity contribution in [2.45, 2.75) is 37.1 Å². The molecule has 0 heterocycles. The molecule has 0 radical (unpaired) electrons. The van der Waals surface area contributed by atoms with Crippen molar-refractivity contribution in [3.8, 4) is 0 Å². The van der Waals surface area contributed by atoms with Crippen molar-refractivity contribution >= 4 is 21.4 Å². The van der Waals surface area contributed by atoms with Gasteiger partial charge in [0.05, 0.1) is 10.6 Å². The summed E-state index contributed by atoms with van der Waals surface area (Å²) in [6.45, 7) is 1.92. The van der Waals surface area contributed by atoms with E-state index in [1.54, 1.807) is 24.3 Å². The molecule has 1 aromatic carbocycles. The van der Waals surface area contributed by atoms with E-state index in [-0.39, 0.29) is 11.8 Å². The van der Waals surface area contributed by atoms with Gasteiger partial charge in [-0.05, 0) is 44.0 Å². The molecular weight excluding hydrogens is 258 g/mol. The van der Waals surface area contributed by atoms with Crippen LogP contribution in [0, 0.1) is 0 Å². The van der Waals surface area contributed by atoms with Crippen LogP contribution in [0.4, 0.5) is 0 Å². The minimum atomic E-state index is -3.17. The SMILES string of the molecule is CC(N)CCCCS(=O)(=O)c1ccc(Cl)cc1. The Labute approximate surface area is 108 Å². The molecule has 1 atom stereocenters. The Balaban J connectivity index is 2.54.